The van der Waals surface area contributed by atoms with Gasteiger partial charge >= 0.3 is 0 Å². The summed E-state index contributed by atoms with van der Waals surface area (Å²) in [5.41, 5.74) is 3.74. The first-order chi connectivity index (χ1) is 12.2. The van der Waals surface area contributed by atoms with Gasteiger partial charge in [0.15, 0.2) is 0 Å². The maximum Gasteiger partial charge on any atom is 0.231 e. The van der Waals surface area contributed by atoms with E-state index in [0.717, 1.165) is 16.7 Å². The molecule has 0 saturated carbocycles. The predicted molar refractivity (Wildman–Crippen MR) is 99.9 cm³/mol. The minimum absolute atomic E-state index is 0.0857. The molecule has 0 saturated heterocycles. The van der Waals surface area contributed by atoms with Crippen LogP contribution in [0.15, 0.2) is 78.9 Å². The molecule has 0 spiro atoms. The van der Waals surface area contributed by atoms with Crippen LogP contribution < -0.4 is 5.32 Å². The molecule has 2 nitrogen and oxygen atoms in total. The molecule has 0 aliphatic heterocycles. The Morgan fingerprint density at radius 1 is 0.920 bits per heavy atom. The zero-order chi connectivity index (χ0) is 17.6. The van der Waals surface area contributed by atoms with Crippen molar-refractivity contribution in [2.75, 3.05) is 5.32 Å². The third kappa shape index (κ3) is 3.94. The Balaban J connectivity index is 1.91. The molecule has 1 amide bonds. The molecule has 3 aromatic carbocycles. The number of hydrogen-bond acceptors (Lipinski definition) is 1. The lowest BCUT2D eigenvalue weighted by atomic mass is 9.88. The van der Waals surface area contributed by atoms with Crippen LogP contribution in [-0.2, 0) is 4.79 Å². The molecule has 3 heteroatoms. The van der Waals surface area contributed by atoms with Crippen molar-refractivity contribution in [1.29, 1.82) is 0 Å². The highest BCUT2D eigenvalue weighted by Gasteiger charge is 2.22. The molecule has 0 radical (unpaired) electrons. The van der Waals surface area contributed by atoms with Gasteiger partial charge in [0.1, 0.15) is 5.82 Å². The molecule has 1 unspecified atom stereocenters. The van der Waals surface area contributed by atoms with Gasteiger partial charge in [-0.15, -0.1) is 0 Å². The van der Waals surface area contributed by atoms with Crippen LogP contribution in [0.1, 0.15) is 24.8 Å². The summed E-state index contributed by atoms with van der Waals surface area (Å²) in [5, 5.41) is 2.89. The molecular formula is C22H20FNO. The fraction of sp³-hybridized carbons (Fsp3) is 0.136. The number of halogens is 1. The average molecular weight is 333 g/mol. The molecule has 3 aromatic rings. The summed E-state index contributed by atoms with van der Waals surface area (Å²) in [4.78, 5) is 12.8. The Hall–Kier alpha value is -2.94. The Labute approximate surface area is 147 Å². The molecule has 0 aliphatic rings. The van der Waals surface area contributed by atoms with Gasteiger partial charge in [-0.3, -0.25) is 4.79 Å². The predicted octanol–water partition coefficient (Wildman–Crippen LogP) is 5.63. The number of amides is 1. The molecule has 126 valence electrons. The van der Waals surface area contributed by atoms with E-state index in [2.05, 4.69) is 5.32 Å². The molecule has 0 aliphatic carbocycles. The summed E-state index contributed by atoms with van der Waals surface area (Å²) in [6.45, 7) is 2.00. The monoisotopic (exact) mass is 333 g/mol. The number of rotatable bonds is 5. The number of hydrogen-bond donors (Lipinski definition) is 1. The molecule has 1 N–H and O–H groups in total. The summed E-state index contributed by atoms with van der Waals surface area (Å²) >= 11 is 0. The van der Waals surface area contributed by atoms with Crippen molar-refractivity contribution in [2.24, 2.45) is 0 Å². The van der Waals surface area contributed by atoms with E-state index in [1.807, 2.05) is 61.5 Å². The third-order valence-electron chi connectivity index (χ3n) is 4.26. The zero-order valence-electron chi connectivity index (χ0n) is 14.1. The first-order valence-corrected chi connectivity index (χ1v) is 8.40. The maximum atomic E-state index is 13.0. The molecular weight excluding hydrogens is 313 g/mol. The van der Waals surface area contributed by atoms with E-state index in [1.54, 1.807) is 12.1 Å². The highest BCUT2D eigenvalue weighted by Crippen LogP contribution is 2.31. The van der Waals surface area contributed by atoms with Gasteiger partial charge in [-0.2, -0.15) is 0 Å². The van der Waals surface area contributed by atoms with Gasteiger partial charge in [0.05, 0.1) is 5.92 Å². The van der Waals surface area contributed by atoms with E-state index in [9.17, 15) is 9.18 Å². The van der Waals surface area contributed by atoms with Crippen LogP contribution in [0.5, 0.6) is 0 Å². The third-order valence-corrected chi connectivity index (χ3v) is 4.26. The largest absolute Gasteiger partial charge is 0.326 e. The summed E-state index contributed by atoms with van der Waals surface area (Å²) < 4.78 is 13.0. The molecule has 0 fully saturated rings. The Bertz CT molecular complexity index is 843. The van der Waals surface area contributed by atoms with Crippen LogP contribution in [0.4, 0.5) is 10.1 Å². The second kappa shape index (κ2) is 7.75. The second-order valence-corrected chi connectivity index (χ2v) is 5.91. The van der Waals surface area contributed by atoms with Crippen LogP contribution in [0.2, 0.25) is 0 Å². The van der Waals surface area contributed by atoms with Crippen LogP contribution in [0, 0.1) is 5.82 Å². The molecule has 1 atom stereocenters. The van der Waals surface area contributed by atoms with Gasteiger partial charge in [-0.1, -0.05) is 61.5 Å². The lowest BCUT2D eigenvalue weighted by Crippen LogP contribution is -2.21. The van der Waals surface area contributed by atoms with Gasteiger partial charge in [0.2, 0.25) is 5.91 Å². The number of nitrogens with one attached hydrogen (secondary N) is 1. The van der Waals surface area contributed by atoms with E-state index in [0.29, 0.717) is 12.1 Å². The fourth-order valence-electron chi connectivity index (χ4n) is 2.99. The molecule has 0 heterocycles. The number of carbonyl (C=O) groups is 1. The van der Waals surface area contributed by atoms with Crippen molar-refractivity contribution in [2.45, 2.75) is 19.3 Å². The standard InChI is InChI=1S/C22H20FNO/c1-2-19(22(25)24-18-14-12-17(23)13-15-18)21-11-7-6-10-20(21)16-8-4-3-5-9-16/h3-15,19H,2H2,1H3,(H,24,25). The van der Waals surface area contributed by atoms with Gasteiger partial charge in [-0.05, 0) is 47.4 Å². The van der Waals surface area contributed by atoms with E-state index in [-0.39, 0.29) is 17.6 Å². The average Bonchev–Trinajstić information content (AvgIpc) is 2.65. The minimum Gasteiger partial charge on any atom is -0.326 e. The van der Waals surface area contributed by atoms with E-state index >= 15 is 0 Å². The first-order valence-electron chi connectivity index (χ1n) is 8.40. The van der Waals surface area contributed by atoms with Gasteiger partial charge in [0.25, 0.3) is 0 Å². The number of anilines is 1. The fourth-order valence-corrected chi connectivity index (χ4v) is 2.99. The van der Waals surface area contributed by atoms with Crippen molar-refractivity contribution in [3.05, 3.63) is 90.2 Å². The normalized spacial score (nSPS) is 11.8. The molecule has 3 rings (SSSR count). The Morgan fingerprint density at radius 3 is 2.24 bits per heavy atom. The van der Waals surface area contributed by atoms with Crippen LogP contribution in [-0.4, -0.2) is 5.91 Å². The highest BCUT2D eigenvalue weighted by atomic mass is 19.1. The van der Waals surface area contributed by atoms with Crippen molar-refractivity contribution in [3.63, 3.8) is 0 Å². The van der Waals surface area contributed by atoms with Crippen molar-refractivity contribution in [3.8, 4) is 11.1 Å². The van der Waals surface area contributed by atoms with Gasteiger partial charge < -0.3 is 5.32 Å². The van der Waals surface area contributed by atoms with Gasteiger partial charge in [-0.25, -0.2) is 4.39 Å². The van der Waals surface area contributed by atoms with Crippen LogP contribution >= 0.6 is 0 Å². The molecule has 25 heavy (non-hydrogen) atoms. The Morgan fingerprint density at radius 2 is 1.56 bits per heavy atom. The van der Waals surface area contributed by atoms with Crippen LogP contribution in [0.3, 0.4) is 0 Å². The number of carbonyl (C=O) groups excluding carboxylic acids is 1. The lowest BCUT2D eigenvalue weighted by Gasteiger charge is -2.19. The van der Waals surface area contributed by atoms with E-state index < -0.39 is 0 Å². The summed E-state index contributed by atoms with van der Waals surface area (Å²) in [7, 11) is 0. The zero-order valence-corrected chi connectivity index (χ0v) is 14.1. The summed E-state index contributed by atoms with van der Waals surface area (Å²) in [6, 6.07) is 23.9. The lowest BCUT2D eigenvalue weighted by molar-refractivity contribution is -0.117. The summed E-state index contributed by atoms with van der Waals surface area (Å²) in [6.07, 6.45) is 0.677. The smallest absolute Gasteiger partial charge is 0.231 e. The van der Waals surface area contributed by atoms with E-state index in [4.69, 9.17) is 0 Å². The highest BCUT2D eigenvalue weighted by molar-refractivity contribution is 5.97. The first kappa shape index (κ1) is 16.9. The Kier molecular flexibility index (Phi) is 5.24. The minimum atomic E-state index is -0.320. The molecule has 0 aromatic heterocycles. The van der Waals surface area contributed by atoms with Crippen molar-refractivity contribution >= 4 is 11.6 Å². The summed E-state index contributed by atoms with van der Waals surface area (Å²) in [5.74, 6) is -0.682. The van der Waals surface area contributed by atoms with Crippen molar-refractivity contribution in [1.82, 2.24) is 0 Å². The van der Waals surface area contributed by atoms with Crippen molar-refractivity contribution < 1.29 is 9.18 Å². The SMILES string of the molecule is CCC(C(=O)Nc1ccc(F)cc1)c1ccccc1-c1ccccc1. The molecule has 0 bridgehead atoms. The van der Waals surface area contributed by atoms with Gasteiger partial charge in [0, 0.05) is 5.69 Å². The van der Waals surface area contributed by atoms with E-state index in [1.165, 1.54) is 12.1 Å². The number of benzene rings is 3. The second-order valence-electron chi connectivity index (χ2n) is 5.91. The van der Waals surface area contributed by atoms with Crippen LogP contribution in [0.25, 0.3) is 11.1 Å². The topological polar surface area (TPSA) is 29.1 Å². The quantitative estimate of drug-likeness (QED) is 0.644. The maximum absolute atomic E-state index is 13.0.